The third kappa shape index (κ3) is 2.12. The van der Waals surface area contributed by atoms with Gasteiger partial charge in [-0.15, -0.1) is 0 Å². The molecule has 5 nitrogen and oxygen atoms in total. The molecule has 2 aromatic heterocycles. The quantitative estimate of drug-likeness (QED) is 0.777. The van der Waals surface area contributed by atoms with E-state index in [1.807, 2.05) is 39.1 Å². The van der Waals surface area contributed by atoms with Crippen LogP contribution in [0, 0.1) is 6.92 Å². The van der Waals surface area contributed by atoms with E-state index in [2.05, 4.69) is 15.4 Å². The Morgan fingerprint density at radius 1 is 1.35 bits per heavy atom. The first-order valence-electron chi connectivity index (χ1n) is 6.41. The first-order valence-corrected chi connectivity index (χ1v) is 7.22. The summed E-state index contributed by atoms with van der Waals surface area (Å²) in [5, 5.41) is 18.4. The van der Waals surface area contributed by atoms with Crippen LogP contribution in [0.3, 0.4) is 0 Å². The molecule has 1 unspecified atom stereocenters. The van der Waals surface area contributed by atoms with Crippen LogP contribution in [0.4, 0.5) is 5.13 Å². The highest BCUT2D eigenvalue weighted by molar-refractivity contribution is 7.22. The van der Waals surface area contributed by atoms with E-state index < -0.39 is 0 Å². The molecular formula is C14H16N4OS. The molecule has 0 aliphatic heterocycles. The number of aryl methyl sites for hydroxylation is 2. The van der Waals surface area contributed by atoms with E-state index in [4.69, 9.17) is 0 Å². The molecule has 0 fully saturated rings. The highest BCUT2D eigenvalue weighted by Crippen LogP contribution is 2.32. The van der Waals surface area contributed by atoms with Crippen molar-refractivity contribution >= 4 is 26.8 Å². The van der Waals surface area contributed by atoms with Crippen LogP contribution in [0.5, 0.6) is 5.75 Å². The minimum Gasteiger partial charge on any atom is -0.508 e. The van der Waals surface area contributed by atoms with Gasteiger partial charge in [0.05, 0.1) is 16.4 Å². The average molecular weight is 288 g/mol. The van der Waals surface area contributed by atoms with Crippen molar-refractivity contribution in [2.24, 2.45) is 7.05 Å². The Bertz CT molecular complexity index is 727. The van der Waals surface area contributed by atoms with Gasteiger partial charge in [-0.2, -0.15) is 5.10 Å². The topological polar surface area (TPSA) is 63.0 Å². The molecule has 20 heavy (non-hydrogen) atoms. The molecule has 0 saturated carbocycles. The summed E-state index contributed by atoms with van der Waals surface area (Å²) in [6.07, 6.45) is 0. The number of aromatic hydroxyl groups is 1. The fraction of sp³-hybridized carbons (Fsp3) is 0.286. The van der Waals surface area contributed by atoms with Crippen LogP contribution in [-0.4, -0.2) is 19.9 Å². The van der Waals surface area contributed by atoms with E-state index in [9.17, 15) is 5.11 Å². The number of nitrogens with zero attached hydrogens (tertiary/aromatic N) is 3. The van der Waals surface area contributed by atoms with Crippen LogP contribution in [0.2, 0.25) is 0 Å². The second-order valence-electron chi connectivity index (χ2n) is 4.81. The molecule has 2 heterocycles. The Labute approximate surface area is 120 Å². The Kier molecular flexibility index (Phi) is 3.10. The fourth-order valence-electron chi connectivity index (χ4n) is 2.26. The second kappa shape index (κ2) is 4.79. The van der Waals surface area contributed by atoms with Crippen molar-refractivity contribution < 1.29 is 5.11 Å². The summed E-state index contributed by atoms with van der Waals surface area (Å²) < 4.78 is 2.89. The van der Waals surface area contributed by atoms with Gasteiger partial charge in [0.15, 0.2) is 10.8 Å². The average Bonchev–Trinajstić information content (AvgIpc) is 2.92. The lowest BCUT2D eigenvalue weighted by molar-refractivity contribution is 0.465. The van der Waals surface area contributed by atoms with E-state index in [1.165, 1.54) is 0 Å². The molecule has 1 atom stereocenters. The molecule has 0 aliphatic carbocycles. The van der Waals surface area contributed by atoms with Gasteiger partial charge in [0.1, 0.15) is 5.75 Å². The third-order valence-corrected chi connectivity index (χ3v) is 4.37. The Balaban J connectivity index is 1.89. The van der Waals surface area contributed by atoms with Crippen molar-refractivity contribution in [2.75, 3.05) is 5.32 Å². The molecule has 3 aromatic rings. The summed E-state index contributed by atoms with van der Waals surface area (Å²) in [4.78, 5) is 4.55. The number of rotatable bonds is 3. The van der Waals surface area contributed by atoms with Gasteiger partial charge in [0.2, 0.25) is 0 Å². The maximum Gasteiger partial charge on any atom is 0.185 e. The largest absolute Gasteiger partial charge is 0.508 e. The van der Waals surface area contributed by atoms with Gasteiger partial charge in [-0.3, -0.25) is 0 Å². The number of phenols is 1. The molecule has 1 aromatic carbocycles. The van der Waals surface area contributed by atoms with E-state index in [1.54, 1.807) is 22.1 Å². The minimum absolute atomic E-state index is 0.00923. The molecule has 0 spiro atoms. The van der Waals surface area contributed by atoms with Crippen molar-refractivity contribution in [3.05, 3.63) is 35.5 Å². The van der Waals surface area contributed by atoms with Gasteiger partial charge in [-0.1, -0.05) is 29.5 Å². The molecule has 0 aliphatic rings. The maximum absolute atomic E-state index is 9.88. The van der Waals surface area contributed by atoms with Crippen LogP contribution >= 0.6 is 11.3 Å². The van der Waals surface area contributed by atoms with Crippen LogP contribution in [0.25, 0.3) is 10.3 Å². The van der Waals surface area contributed by atoms with Gasteiger partial charge in [0.25, 0.3) is 0 Å². The molecule has 6 heteroatoms. The molecule has 2 N–H and O–H groups in total. The van der Waals surface area contributed by atoms with E-state index in [0.717, 1.165) is 26.7 Å². The predicted molar refractivity (Wildman–Crippen MR) is 81.3 cm³/mol. The van der Waals surface area contributed by atoms with Gasteiger partial charge in [0, 0.05) is 12.6 Å². The standard InChI is InChI=1S/C14H16N4OS/c1-8(10-6-4-5-7-11(10)19)15-14-16-13-12(20-14)9(2)17-18(13)3/h4-8,19H,1-3H3,(H,15,16). The Morgan fingerprint density at radius 2 is 2.10 bits per heavy atom. The highest BCUT2D eigenvalue weighted by Gasteiger charge is 2.15. The number of fused-ring (bicyclic) bond motifs is 1. The van der Waals surface area contributed by atoms with Crippen molar-refractivity contribution in [1.82, 2.24) is 14.8 Å². The highest BCUT2D eigenvalue weighted by atomic mass is 32.1. The number of hydrogen-bond donors (Lipinski definition) is 2. The van der Waals surface area contributed by atoms with Gasteiger partial charge >= 0.3 is 0 Å². The zero-order chi connectivity index (χ0) is 14.3. The SMILES string of the molecule is Cc1nn(C)c2nc(NC(C)c3ccccc3O)sc12. The van der Waals surface area contributed by atoms with Crippen molar-refractivity contribution in [1.29, 1.82) is 0 Å². The zero-order valence-electron chi connectivity index (χ0n) is 11.6. The van der Waals surface area contributed by atoms with Crippen molar-refractivity contribution in [3.8, 4) is 5.75 Å². The summed E-state index contributed by atoms with van der Waals surface area (Å²) in [6.45, 7) is 3.99. The Hall–Kier alpha value is -2.08. The summed E-state index contributed by atoms with van der Waals surface area (Å²) >= 11 is 1.59. The fourth-order valence-corrected chi connectivity index (χ4v) is 3.28. The number of nitrogens with one attached hydrogen (secondary N) is 1. The lowest BCUT2D eigenvalue weighted by Crippen LogP contribution is -2.06. The zero-order valence-corrected chi connectivity index (χ0v) is 12.4. The summed E-state index contributed by atoms with van der Waals surface area (Å²) in [7, 11) is 1.89. The maximum atomic E-state index is 9.88. The van der Waals surface area contributed by atoms with Gasteiger partial charge in [-0.05, 0) is 19.9 Å². The van der Waals surface area contributed by atoms with E-state index >= 15 is 0 Å². The van der Waals surface area contributed by atoms with Crippen LogP contribution in [0.1, 0.15) is 24.2 Å². The third-order valence-electron chi connectivity index (χ3n) is 3.29. The number of para-hydroxylation sites is 1. The number of thiazole rings is 1. The lowest BCUT2D eigenvalue weighted by atomic mass is 10.1. The lowest BCUT2D eigenvalue weighted by Gasteiger charge is -2.14. The molecule has 104 valence electrons. The molecule has 0 saturated heterocycles. The van der Waals surface area contributed by atoms with Gasteiger partial charge in [-0.25, -0.2) is 9.67 Å². The normalized spacial score (nSPS) is 12.8. The summed E-state index contributed by atoms with van der Waals surface area (Å²) in [6, 6.07) is 7.33. The molecule has 0 amide bonds. The smallest absolute Gasteiger partial charge is 0.185 e. The molecule has 0 radical (unpaired) electrons. The number of hydrogen-bond acceptors (Lipinski definition) is 5. The van der Waals surface area contributed by atoms with Crippen molar-refractivity contribution in [3.63, 3.8) is 0 Å². The first-order chi connectivity index (χ1) is 9.56. The minimum atomic E-state index is -0.00923. The number of benzene rings is 1. The molecule has 0 bridgehead atoms. The first kappa shape index (κ1) is 12.9. The van der Waals surface area contributed by atoms with Crippen LogP contribution in [0.15, 0.2) is 24.3 Å². The summed E-state index contributed by atoms with van der Waals surface area (Å²) in [5.74, 6) is 0.298. The van der Waals surface area contributed by atoms with E-state index in [0.29, 0.717) is 5.75 Å². The predicted octanol–water partition coefficient (Wildman–Crippen LogP) is 3.22. The number of phenolic OH excluding ortho intramolecular Hbond substituents is 1. The van der Waals surface area contributed by atoms with Gasteiger partial charge < -0.3 is 10.4 Å². The van der Waals surface area contributed by atoms with Crippen molar-refractivity contribution in [2.45, 2.75) is 19.9 Å². The molecule has 3 rings (SSSR count). The Morgan fingerprint density at radius 3 is 2.80 bits per heavy atom. The van der Waals surface area contributed by atoms with E-state index in [-0.39, 0.29) is 6.04 Å². The number of aromatic nitrogens is 3. The van der Waals surface area contributed by atoms with Crippen LogP contribution < -0.4 is 5.32 Å². The monoisotopic (exact) mass is 288 g/mol. The second-order valence-corrected chi connectivity index (χ2v) is 5.80. The number of anilines is 1. The summed E-state index contributed by atoms with van der Waals surface area (Å²) in [5.41, 5.74) is 2.74. The molecular weight excluding hydrogens is 272 g/mol. The van der Waals surface area contributed by atoms with Crippen LogP contribution in [-0.2, 0) is 7.05 Å².